The average molecular weight is 282 g/mol. The molecule has 0 aliphatic carbocycles. The van der Waals surface area contributed by atoms with Gasteiger partial charge in [-0.2, -0.15) is 0 Å². The average Bonchev–Trinajstić information content (AvgIpc) is 2.95. The number of nitrogens with zero attached hydrogens (tertiary/aromatic N) is 1. The highest BCUT2D eigenvalue weighted by Gasteiger charge is 2.41. The summed E-state index contributed by atoms with van der Waals surface area (Å²) in [4.78, 5) is 4.44. The van der Waals surface area contributed by atoms with E-state index in [0.29, 0.717) is 30.1 Å². The Morgan fingerprint density at radius 2 is 2.16 bits per heavy atom. The first kappa shape index (κ1) is 14.9. The van der Waals surface area contributed by atoms with Crippen molar-refractivity contribution < 1.29 is 4.74 Å². The van der Waals surface area contributed by atoms with Gasteiger partial charge >= 0.3 is 0 Å². The number of aromatic nitrogens is 1. The minimum absolute atomic E-state index is 0.333. The molecule has 1 saturated heterocycles. The van der Waals surface area contributed by atoms with Crippen molar-refractivity contribution >= 4 is 11.3 Å². The summed E-state index contributed by atoms with van der Waals surface area (Å²) in [6.07, 6.45) is 4.78. The monoisotopic (exact) mass is 282 g/mol. The summed E-state index contributed by atoms with van der Waals surface area (Å²) in [6.45, 7) is 10.0. The number of rotatable bonds is 6. The van der Waals surface area contributed by atoms with Crippen LogP contribution in [0.2, 0.25) is 0 Å². The van der Waals surface area contributed by atoms with Gasteiger partial charge in [0.25, 0.3) is 0 Å². The maximum absolute atomic E-state index is 6.01. The highest BCUT2D eigenvalue weighted by Crippen LogP contribution is 2.35. The molecule has 1 N–H and O–H groups in total. The van der Waals surface area contributed by atoms with E-state index < -0.39 is 0 Å². The molecule has 2 rings (SSSR count). The van der Waals surface area contributed by atoms with Crippen molar-refractivity contribution in [3.63, 3.8) is 0 Å². The zero-order chi connectivity index (χ0) is 13.8. The highest BCUT2D eigenvalue weighted by atomic mass is 32.1. The Bertz CT molecular complexity index is 368. The molecule has 1 fully saturated rings. The summed E-state index contributed by atoms with van der Waals surface area (Å²) in [5, 5.41) is 7.01. The first-order chi connectivity index (χ1) is 9.13. The Kier molecular flexibility index (Phi) is 5.37. The van der Waals surface area contributed by atoms with Crippen molar-refractivity contribution in [3.05, 3.63) is 16.6 Å². The highest BCUT2D eigenvalue weighted by molar-refractivity contribution is 7.09. The van der Waals surface area contributed by atoms with Crippen LogP contribution in [0.4, 0.5) is 0 Å². The third-order valence-corrected chi connectivity index (χ3v) is 5.12. The zero-order valence-corrected chi connectivity index (χ0v) is 13.2. The fourth-order valence-corrected chi connectivity index (χ4v) is 3.88. The quantitative estimate of drug-likeness (QED) is 0.870. The van der Waals surface area contributed by atoms with Gasteiger partial charge in [0.15, 0.2) is 0 Å². The van der Waals surface area contributed by atoms with Crippen molar-refractivity contribution in [3.8, 4) is 0 Å². The lowest BCUT2D eigenvalue weighted by Crippen LogP contribution is -2.43. The molecule has 0 aromatic carbocycles. The molecule has 0 bridgehead atoms. The Hall–Kier alpha value is -0.450. The predicted molar refractivity (Wildman–Crippen MR) is 80.6 cm³/mol. The Labute approximate surface area is 120 Å². The molecule has 19 heavy (non-hydrogen) atoms. The second kappa shape index (κ2) is 6.82. The lowest BCUT2D eigenvalue weighted by atomic mass is 9.82. The molecule has 5 unspecified atom stereocenters. The summed E-state index contributed by atoms with van der Waals surface area (Å²) >= 11 is 1.75. The minimum atomic E-state index is 0.333. The SMILES string of the molecule is CCCNC(Cc1nccs1)C1C(C)OC(C)C1C. The molecule has 0 amide bonds. The number of ether oxygens (including phenoxy) is 1. The van der Waals surface area contributed by atoms with Crippen LogP contribution in [0.5, 0.6) is 0 Å². The molecule has 1 aromatic rings. The topological polar surface area (TPSA) is 34.2 Å². The normalized spacial score (nSPS) is 32.6. The zero-order valence-electron chi connectivity index (χ0n) is 12.4. The van der Waals surface area contributed by atoms with Crippen molar-refractivity contribution in [2.75, 3.05) is 6.54 Å². The van der Waals surface area contributed by atoms with E-state index in [-0.39, 0.29) is 0 Å². The second-order valence-electron chi connectivity index (χ2n) is 5.67. The Morgan fingerprint density at radius 3 is 2.68 bits per heavy atom. The summed E-state index contributed by atoms with van der Waals surface area (Å²) in [5.41, 5.74) is 0. The van der Waals surface area contributed by atoms with Gasteiger partial charge in [0, 0.05) is 30.0 Å². The molecule has 0 saturated carbocycles. The van der Waals surface area contributed by atoms with Crippen LogP contribution in [0.25, 0.3) is 0 Å². The van der Waals surface area contributed by atoms with E-state index in [1.54, 1.807) is 11.3 Å². The van der Waals surface area contributed by atoms with Crippen molar-refractivity contribution in [1.29, 1.82) is 0 Å². The van der Waals surface area contributed by atoms with Crippen molar-refractivity contribution in [1.82, 2.24) is 10.3 Å². The Morgan fingerprint density at radius 1 is 1.37 bits per heavy atom. The van der Waals surface area contributed by atoms with E-state index in [1.807, 2.05) is 6.20 Å². The van der Waals surface area contributed by atoms with Crippen LogP contribution in [0.1, 0.15) is 39.1 Å². The standard InChI is InChI=1S/C15H26N2OS/c1-5-6-16-13(9-14-17-7-8-19-14)15-10(2)11(3)18-12(15)4/h7-8,10-13,15-16H,5-6,9H2,1-4H3. The third kappa shape index (κ3) is 3.56. The van der Waals surface area contributed by atoms with E-state index in [0.717, 1.165) is 13.0 Å². The molecule has 108 valence electrons. The van der Waals surface area contributed by atoms with Gasteiger partial charge in [0.2, 0.25) is 0 Å². The maximum atomic E-state index is 6.01. The van der Waals surface area contributed by atoms with Crippen LogP contribution in [-0.2, 0) is 11.2 Å². The van der Waals surface area contributed by atoms with E-state index >= 15 is 0 Å². The smallest absolute Gasteiger partial charge is 0.0940 e. The molecular weight excluding hydrogens is 256 g/mol. The van der Waals surface area contributed by atoms with Gasteiger partial charge in [0.05, 0.1) is 17.2 Å². The molecular formula is C15H26N2OS. The van der Waals surface area contributed by atoms with Gasteiger partial charge in [-0.05, 0) is 32.7 Å². The predicted octanol–water partition coefficient (Wildman–Crippen LogP) is 3.11. The fourth-order valence-electron chi connectivity index (χ4n) is 3.20. The molecule has 4 heteroatoms. The number of hydrogen-bond donors (Lipinski definition) is 1. The summed E-state index contributed by atoms with van der Waals surface area (Å²) in [6, 6.07) is 0.473. The maximum Gasteiger partial charge on any atom is 0.0940 e. The molecule has 5 atom stereocenters. The third-order valence-electron chi connectivity index (χ3n) is 4.32. The van der Waals surface area contributed by atoms with Crippen LogP contribution < -0.4 is 5.32 Å². The lowest BCUT2D eigenvalue weighted by Gasteiger charge is -2.29. The van der Waals surface area contributed by atoms with Gasteiger partial charge in [-0.3, -0.25) is 0 Å². The minimum Gasteiger partial charge on any atom is -0.375 e. The van der Waals surface area contributed by atoms with Gasteiger partial charge in [-0.25, -0.2) is 4.98 Å². The summed E-state index contributed by atoms with van der Waals surface area (Å²) < 4.78 is 6.01. The summed E-state index contributed by atoms with van der Waals surface area (Å²) in [7, 11) is 0. The van der Waals surface area contributed by atoms with E-state index in [4.69, 9.17) is 4.74 Å². The van der Waals surface area contributed by atoms with Gasteiger partial charge in [-0.1, -0.05) is 13.8 Å². The fraction of sp³-hybridized carbons (Fsp3) is 0.800. The van der Waals surface area contributed by atoms with Gasteiger partial charge in [0.1, 0.15) is 0 Å². The first-order valence-electron chi connectivity index (χ1n) is 7.40. The van der Waals surface area contributed by atoms with Crippen LogP contribution in [0.3, 0.4) is 0 Å². The largest absolute Gasteiger partial charge is 0.375 e. The first-order valence-corrected chi connectivity index (χ1v) is 8.28. The van der Waals surface area contributed by atoms with Crippen LogP contribution >= 0.6 is 11.3 Å². The van der Waals surface area contributed by atoms with E-state index in [9.17, 15) is 0 Å². The van der Waals surface area contributed by atoms with Gasteiger partial charge in [-0.15, -0.1) is 11.3 Å². The molecule has 0 radical (unpaired) electrons. The van der Waals surface area contributed by atoms with E-state index in [2.05, 4.69) is 43.4 Å². The molecule has 3 nitrogen and oxygen atoms in total. The number of nitrogens with one attached hydrogen (secondary N) is 1. The van der Waals surface area contributed by atoms with Gasteiger partial charge < -0.3 is 10.1 Å². The molecule has 1 aromatic heterocycles. The Balaban J connectivity index is 2.07. The van der Waals surface area contributed by atoms with Crippen LogP contribution in [0, 0.1) is 11.8 Å². The molecule has 1 aliphatic heterocycles. The summed E-state index contributed by atoms with van der Waals surface area (Å²) in [5.74, 6) is 1.18. The number of thiazole rings is 1. The van der Waals surface area contributed by atoms with Crippen molar-refractivity contribution in [2.45, 2.75) is 58.8 Å². The molecule has 1 aliphatic rings. The molecule has 0 spiro atoms. The lowest BCUT2D eigenvalue weighted by molar-refractivity contribution is 0.0476. The van der Waals surface area contributed by atoms with Crippen molar-refractivity contribution in [2.24, 2.45) is 11.8 Å². The van der Waals surface area contributed by atoms with Crippen LogP contribution in [-0.4, -0.2) is 29.8 Å². The van der Waals surface area contributed by atoms with E-state index in [1.165, 1.54) is 11.4 Å². The number of hydrogen-bond acceptors (Lipinski definition) is 4. The van der Waals surface area contributed by atoms with Crippen LogP contribution in [0.15, 0.2) is 11.6 Å². The molecule has 2 heterocycles. The second-order valence-corrected chi connectivity index (χ2v) is 6.65.